The van der Waals surface area contributed by atoms with Crippen molar-refractivity contribution in [1.29, 1.82) is 0 Å². The van der Waals surface area contributed by atoms with Crippen LogP contribution in [0.5, 0.6) is 0 Å². The molecule has 2 nitrogen and oxygen atoms in total. The van der Waals surface area contributed by atoms with Crippen molar-refractivity contribution < 1.29 is 0 Å². The minimum absolute atomic E-state index is 0.451. The molecule has 16 heavy (non-hydrogen) atoms. The number of anilines is 1. The van der Waals surface area contributed by atoms with Gasteiger partial charge in [-0.15, -0.1) is 0 Å². The number of halogens is 2. The molecule has 0 fully saturated rings. The highest BCUT2D eigenvalue weighted by molar-refractivity contribution is 9.10. The summed E-state index contributed by atoms with van der Waals surface area (Å²) < 4.78 is 1.03. The van der Waals surface area contributed by atoms with E-state index in [1.54, 1.807) is 12.1 Å². The summed E-state index contributed by atoms with van der Waals surface area (Å²) in [6.07, 6.45) is 0. The molecule has 0 saturated heterocycles. The fourth-order valence-electron chi connectivity index (χ4n) is 1.15. The van der Waals surface area contributed by atoms with Crippen LogP contribution in [0.2, 0.25) is 5.15 Å². The lowest BCUT2D eigenvalue weighted by Crippen LogP contribution is -1.91. The molecule has 82 valence electrons. The summed E-state index contributed by atoms with van der Waals surface area (Å²) in [7, 11) is 0. The second-order valence-corrected chi connectivity index (χ2v) is 5.45. The van der Waals surface area contributed by atoms with E-state index in [1.807, 2.05) is 24.3 Å². The van der Waals surface area contributed by atoms with Crippen LogP contribution >= 0.6 is 39.3 Å². The molecule has 0 radical (unpaired) electrons. The molecule has 0 unspecified atom stereocenters. The maximum Gasteiger partial charge on any atom is 0.130 e. The van der Waals surface area contributed by atoms with Crippen LogP contribution in [0.15, 0.2) is 50.8 Å². The van der Waals surface area contributed by atoms with E-state index in [0.29, 0.717) is 10.8 Å². The fourth-order valence-corrected chi connectivity index (χ4v) is 2.79. The van der Waals surface area contributed by atoms with Gasteiger partial charge in [0, 0.05) is 9.37 Å². The summed E-state index contributed by atoms with van der Waals surface area (Å²) in [6, 6.07) is 11.4. The maximum absolute atomic E-state index is 5.83. The third-order valence-electron chi connectivity index (χ3n) is 1.87. The first-order valence-electron chi connectivity index (χ1n) is 4.50. The third-order valence-corrected chi connectivity index (χ3v) is 3.58. The smallest absolute Gasteiger partial charge is 0.130 e. The van der Waals surface area contributed by atoms with Crippen LogP contribution in [0, 0.1) is 0 Å². The van der Waals surface area contributed by atoms with E-state index in [2.05, 4.69) is 20.9 Å². The molecule has 0 aliphatic heterocycles. The second-order valence-electron chi connectivity index (χ2n) is 3.09. The van der Waals surface area contributed by atoms with Crippen molar-refractivity contribution in [2.45, 2.75) is 9.92 Å². The lowest BCUT2D eigenvalue weighted by Gasteiger charge is -2.04. The average Bonchev–Trinajstić information content (AvgIpc) is 2.24. The van der Waals surface area contributed by atoms with Gasteiger partial charge in [0.1, 0.15) is 10.2 Å². The topological polar surface area (TPSA) is 38.9 Å². The van der Waals surface area contributed by atoms with Gasteiger partial charge in [0.05, 0.1) is 5.69 Å². The summed E-state index contributed by atoms with van der Waals surface area (Å²) in [5, 5.41) is 1.18. The Bertz CT molecular complexity index is 519. The van der Waals surface area contributed by atoms with Crippen molar-refractivity contribution in [2.24, 2.45) is 0 Å². The van der Waals surface area contributed by atoms with Gasteiger partial charge in [-0.2, -0.15) is 0 Å². The molecule has 0 aliphatic carbocycles. The normalized spacial score (nSPS) is 10.4. The molecule has 0 atom stereocenters. The zero-order valence-corrected chi connectivity index (χ0v) is 11.3. The van der Waals surface area contributed by atoms with Crippen LogP contribution in [0.1, 0.15) is 0 Å². The highest BCUT2D eigenvalue weighted by atomic mass is 79.9. The standard InChI is InChI=1S/C11H8BrClN2S/c12-7-2-1-3-8(6-7)16-11-9(14)4-5-10(13)15-11/h1-6H,14H2. The molecule has 0 spiro atoms. The van der Waals surface area contributed by atoms with Crippen LogP contribution in [0.25, 0.3) is 0 Å². The van der Waals surface area contributed by atoms with Gasteiger partial charge in [0.15, 0.2) is 0 Å². The van der Waals surface area contributed by atoms with Gasteiger partial charge in [-0.1, -0.05) is 45.4 Å². The highest BCUT2D eigenvalue weighted by Crippen LogP contribution is 2.32. The summed E-state index contributed by atoms with van der Waals surface area (Å²) in [6.45, 7) is 0. The summed E-state index contributed by atoms with van der Waals surface area (Å²) >= 11 is 10.7. The third kappa shape index (κ3) is 2.90. The maximum atomic E-state index is 5.83. The number of nitrogen functional groups attached to an aromatic ring is 1. The van der Waals surface area contributed by atoms with Crippen molar-refractivity contribution >= 4 is 45.0 Å². The minimum Gasteiger partial charge on any atom is -0.397 e. The first kappa shape index (κ1) is 11.8. The van der Waals surface area contributed by atoms with Crippen molar-refractivity contribution in [3.8, 4) is 0 Å². The molecule has 1 aromatic carbocycles. The Morgan fingerprint density at radius 2 is 2.06 bits per heavy atom. The number of rotatable bonds is 2. The second kappa shape index (κ2) is 5.08. The average molecular weight is 316 g/mol. The van der Waals surface area contributed by atoms with Crippen LogP contribution in [-0.4, -0.2) is 4.98 Å². The lowest BCUT2D eigenvalue weighted by molar-refractivity contribution is 1.14. The quantitative estimate of drug-likeness (QED) is 0.843. The summed E-state index contributed by atoms with van der Waals surface area (Å²) in [5.41, 5.74) is 6.46. The van der Waals surface area contributed by atoms with Crippen LogP contribution < -0.4 is 5.73 Å². The number of benzene rings is 1. The Morgan fingerprint density at radius 1 is 1.25 bits per heavy atom. The van der Waals surface area contributed by atoms with E-state index in [1.165, 1.54) is 11.8 Å². The molecule has 1 aromatic heterocycles. The Labute approximate surface area is 111 Å². The van der Waals surface area contributed by atoms with Gasteiger partial charge >= 0.3 is 0 Å². The predicted molar refractivity (Wildman–Crippen MR) is 71.9 cm³/mol. The molecule has 0 saturated carbocycles. The molecular formula is C11H8BrClN2S. The van der Waals surface area contributed by atoms with Gasteiger partial charge in [-0.05, 0) is 30.3 Å². The van der Waals surface area contributed by atoms with E-state index >= 15 is 0 Å². The zero-order valence-electron chi connectivity index (χ0n) is 8.15. The number of hydrogen-bond acceptors (Lipinski definition) is 3. The number of nitrogens with zero attached hydrogens (tertiary/aromatic N) is 1. The van der Waals surface area contributed by atoms with E-state index in [9.17, 15) is 0 Å². The SMILES string of the molecule is Nc1ccc(Cl)nc1Sc1cccc(Br)c1. The Hall–Kier alpha value is -0.710. The van der Waals surface area contributed by atoms with Gasteiger partial charge < -0.3 is 5.73 Å². The molecule has 2 rings (SSSR count). The van der Waals surface area contributed by atoms with Gasteiger partial charge in [-0.25, -0.2) is 4.98 Å². The van der Waals surface area contributed by atoms with Crippen LogP contribution in [0.4, 0.5) is 5.69 Å². The molecule has 0 amide bonds. The van der Waals surface area contributed by atoms with E-state index < -0.39 is 0 Å². The molecule has 0 aliphatic rings. The van der Waals surface area contributed by atoms with Crippen molar-refractivity contribution in [1.82, 2.24) is 4.98 Å². The number of pyridine rings is 1. The Balaban J connectivity index is 2.30. The molecule has 2 N–H and O–H groups in total. The molecule has 2 aromatic rings. The van der Waals surface area contributed by atoms with Gasteiger partial charge in [0.25, 0.3) is 0 Å². The van der Waals surface area contributed by atoms with E-state index in [-0.39, 0.29) is 0 Å². The lowest BCUT2D eigenvalue weighted by atomic mass is 10.4. The number of nitrogens with two attached hydrogens (primary N) is 1. The van der Waals surface area contributed by atoms with Gasteiger partial charge in [0.2, 0.25) is 0 Å². The van der Waals surface area contributed by atoms with Crippen molar-refractivity contribution in [2.75, 3.05) is 5.73 Å². The van der Waals surface area contributed by atoms with Crippen LogP contribution in [0.3, 0.4) is 0 Å². The summed E-state index contributed by atoms with van der Waals surface area (Å²) in [4.78, 5) is 5.25. The largest absolute Gasteiger partial charge is 0.397 e. The monoisotopic (exact) mass is 314 g/mol. The first-order valence-corrected chi connectivity index (χ1v) is 6.49. The minimum atomic E-state index is 0.451. The highest BCUT2D eigenvalue weighted by Gasteiger charge is 2.04. The zero-order chi connectivity index (χ0) is 11.5. The molecule has 1 heterocycles. The Morgan fingerprint density at radius 3 is 2.81 bits per heavy atom. The molecule has 5 heteroatoms. The Kier molecular flexibility index (Phi) is 3.74. The van der Waals surface area contributed by atoms with Gasteiger partial charge in [-0.3, -0.25) is 0 Å². The van der Waals surface area contributed by atoms with Crippen molar-refractivity contribution in [3.63, 3.8) is 0 Å². The fraction of sp³-hybridized carbons (Fsp3) is 0. The van der Waals surface area contributed by atoms with E-state index in [4.69, 9.17) is 17.3 Å². The van der Waals surface area contributed by atoms with Crippen LogP contribution in [-0.2, 0) is 0 Å². The number of hydrogen-bond donors (Lipinski definition) is 1. The van der Waals surface area contributed by atoms with E-state index in [0.717, 1.165) is 14.4 Å². The first-order chi connectivity index (χ1) is 7.65. The number of aromatic nitrogens is 1. The van der Waals surface area contributed by atoms with Crippen molar-refractivity contribution in [3.05, 3.63) is 46.0 Å². The molecule has 0 bridgehead atoms. The predicted octanol–water partition coefficient (Wildman–Crippen LogP) is 4.23. The summed E-state index contributed by atoms with van der Waals surface area (Å²) in [5.74, 6) is 0. The molecular weight excluding hydrogens is 308 g/mol.